The van der Waals surface area contributed by atoms with Crippen LogP contribution in [0, 0.1) is 5.92 Å². The Morgan fingerprint density at radius 1 is 1.42 bits per heavy atom. The first-order valence-electron chi connectivity index (χ1n) is 7.01. The highest BCUT2D eigenvalue weighted by atomic mass is 16.5. The molecule has 1 aliphatic rings. The predicted octanol–water partition coefficient (Wildman–Crippen LogP) is 1.69. The lowest BCUT2D eigenvalue weighted by Gasteiger charge is -2.18. The van der Waals surface area contributed by atoms with E-state index >= 15 is 0 Å². The fourth-order valence-corrected chi connectivity index (χ4v) is 2.57. The zero-order chi connectivity index (χ0) is 13.8. The zero-order valence-electron chi connectivity index (χ0n) is 11.6. The largest absolute Gasteiger partial charge is 0.394 e. The van der Waals surface area contributed by atoms with Crippen LogP contribution in [0.15, 0.2) is 4.52 Å². The summed E-state index contributed by atoms with van der Waals surface area (Å²) in [6.45, 7) is 4.07. The number of amides is 1. The normalized spacial score (nSPS) is 16.2. The second-order valence-corrected chi connectivity index (χ2v) is 5.62. The molecule has 0 saturated heterocycles. The van der Waals surface area contributed by atoms with Crippen LogP contribution in [0.25, 0.3) is 0 Å². The van der Waals surface area contributed by atoms with E-state index in [1.165, 1.54) is 0 Å². The molecule has 1 aromatic heterocycles. The van der Waals surface area contributed by atoms with Crippen molar-refractivity contribution in [2.75, 3.05) is 6.61 Å². The summed E-state index contributed by atoms with van der Waals surface area (Å²) in [7, 11) is 0. The van der Waals surface area contributed by atoms with E-state index < -0.39 is 0 Å². The van der Waals surface area contributed by atoms with E-state index in [9.17, 15) is 9.90 Å². The highest BCUT2D eigenvalue weighted by Crippen LogP contribution is 2.24. The summed E-state index contributed by atoms with van der Waals surface area (Å²) in [4.78, 5) is 12.2. The van der Waals surface area contributed by atoms with Gasteiger partial charge in [-0.15, -0.1) is 0 Å². The van der Waals surface area contributed by atoms with E-state index in [0.29, 0.717) is 11.6 Å². The molecular weight excluding hydrogens is 244 g/mol. The summed E-state index contributed by atoms with van der Waals surface area (Å²) in [5, 5.41) is 16.0. The third-order valence-electron chi connectivity index (χ3n) is 3.48. The van der Waals surface area contributed by atoms with Gasteiger partial charge in [-0.3, -0.25) is 4.79 Å². The fraction of sp³-hybridized carbons (Fsp3) is 0.714. The average molecular weight is 266 g/mol. The van der Waals surface area contributed by atoms with Gasteiger partial charge in [-0.1, -0.05) is 19.0 Å². The van der Waals surface area contributed by atoms with Crippen molar-refractivity contribution in [3.8, 4) is 0 Å². The Morgan fingerprint density at radius 3 is 2.84 bits per heavy atom. The molecule has 0 aromatic carbocycles. The summed E-state index contributed by atoms with van der Waals surface area (Å²) in [5.41, 5.74) is 1.35. The number of aromatic nitrogens is 1. The molecule has 0 radical (unpaired) electrons. The maximum atomic E-state index is 12.2. The Hall–Kier alpha value is -1.36. The maximum absolute atomic E-state index is 12.2. The van der Waals surface area contributed by atoms with Crippen molar-refractivity contribution in [3.05, 3.63) is 17.0 Å². The molecule has 1 aromatic rings. The predicted molar refractivity (Wildman–Crippen MR) is 70.9 cm³/mol. The van der Waals surface area contributed by atoms with E-state index in [1.807, 2.05) is 0 Å². The standard InChI is InChI=1S/C14H22N2O3/c1-9(2)7-10(8-17)15-14(18)13-11-5-3-4-6-12(11)19-16-13/h9-10,17H,3-8H2,1-2H3,(H,15,18). The monoisotopic (exact) mass is 266 g/mol. The van der Waals surface area contributed by atoms with E-state index in [4.69, 9.17) is 4.52 Å². The van der Waals surface area contributed by atoms with Crippen LogP contribution >= 0.6 is 0 Å². The van der Waals surface area contributed by atoms with Gasteiger partial charge in [-0.05, 0) is 31.6 Å². The van der Waals surface area contributed by atoms with Gasteiger partial charge in [-0.25, -0.2) is 0 Å². The lowest BCUT2D eigenvalue weighted by molar-refractivity contribution is 0.0898. The topological polar surface area (TPSA) is 75.4 Å². The van der Waals surface area contributed by atoms with Crippen molar-refractivity contribution in [2.24, 2.45) is 5.92 Å². The molecule has 19 heavy (non-hydrogen) atoms. The number of aliphatic hydroxyl groups is 1. The van der Waals surface area contributed by atoms with Crippen molar-refractivity contribution in [1.29, 1.82) is 0 Å². The van der Waals surface area contributed by atoms with Gasteiger partial charge in [0, 0.05) is 12.0 Å². The van der Waals surface area contributed by atoms with Crippen molar-refractivity contribution in [2.45, 2.75) is 52.0 Å². The first-order valence-corrected chi connectivity index (χ1v) is 7.01. The van der Waals surface area contributed by atoms with E-state index in [-0.39, 0.29) is 18.6 Å². The average Bonchev–Trinajstić information content (AvgIpc) is 2.81. The Bertz CT molecular complexity index is 440. The van der Waals surface area contributed by atoms with E-state index in [0.717, 1.165) is 43.4 Å². The molecule has 0 spiro atoms. The van der Waals surface area contributed by atoms with Gasteiger partial charge in [0.25, 0.3) is 5.91 Å². The fourth-order valence-electron chi connectivity index (χ4n) is 2.57. The number of rotatable bonds is 5. The number of aryl methyl sites for hydroxylation is 1. The molecule has 0 aliphatic heterocycles. The molecule has 1 heterocycles. The van der Waals surface area contributed by atoms with Crippen LogP contribution in [-0.2, 0) is 12.8 Å². The van der Waals surface area contributed by atoms with Gasteiger partial charge in [0.1, 0.15) is 5.76 Å². The molecule has 1 atom stereocenters. The Labute approximate surface area is 113 Å². The van der Waals surface area contributed by atoms with Gasteiger partial charge in [-0.2, -0.15) is 0 Å². The van der Waals surface area contributed by atoms with Crippen LogP contribution < -0.4 is 5.32 Å². The minimum Gasteiger partial charge on any atom is -0.394 e. The summed E-state index contributed by atoms with van der Waals surface area (Å²) < 4.78 is 5.23. The van der Waals surface area contributed by atoms with Crippen LogP contribution in [0.1, 0.15) is 54.9 Å². The minimum absolute atomic E-state index is 0.0516. The minimum atomic E-state index is -0.230. The van der Waals surface area contributed by atoms with Crippen LogP contribution in [0.2, 0.25) is 0 Å². The third-order valence-corrected chi connectivity index (χ3v) is 3.48. The third kappa shape index (κ3) is 3.35. The number of aliphatic hydroxyl groups excluding tert-OH is 1. The van der Waals surface area contributed by atoms with Gasteiger partial charge in [0.05, 0.1) is 12.6 Å². The molecule has 5 nitrogen and oxygen atoms in total. The SMILES string of the molecule is CC(C)CC(CO)NC(=O)c1noc2c1CCCC2. The van der Waals surface area contributed by atoms with Crippen LogP contribution in [0.3, 0.4) is 0 Å². The molecule has 1 aliphatic carbocycles. The smallest absolute Gasteiger partial charge is 0.274 e. The van der Waals surface area contributed by atoms with Gasteiger partial charge in [0.2, 0.25) is 0 Å². The first-order chi connectivity index (χ1) is 9.11. The molecule has 0 bridgehead atoms. The molecule has 1 amide bonds. The second-order valence-electron chi connectivity index (χ2n) is 5.62. The van der Waals surface area contributed by atoms with Crippen molar-refractivity contribution < 1.29 is 14.4 Å². The Morgan fingerprint density at radius 2 is 2.16 bits per heavy atom. The summed E-state index contributed by atoms with van der Waals surface area (Å²) >= 11 is 0. The molecular formula is C14H22N2O3. The lowest BCUT2D eigenvalue weighted by atomic mass is 9.96. The van der Waals surface area contributed by atoms with E-state index in [2.05, 4.69) is 24.3 Å². The summed E-state index contributed by atoms with van der Waals surface area (Å²) in [6, 6.07) is -0.219. The number of hydrogen-bond acceptors (Lipinski definition) is 4. The molecule has 0 saturated carbocycles. The van der Waals surface area contributed by atoms with Crippen LogP contribution in [0.4, 0.5) is 0 Å². The molecule has 1 unspecified atom stereocenters. The number of fused-ring (bicyclic) bond motifs is 1. The molecule has 5 heteroatoms. The van der Waals surface area contributed by atoms with E-state index in [1.54, 1.807) is 0 Å². The number of hydrogen-bond donors (Lipinski definition) is 2. The number of carbonyl (C=O) groups is 1. The van der Waals surface area contributed by atoms with Crippen molar-refractivity contribution >= 4 is 5.91 Å². The zero-order valence-corrected chi connectivity index (χ0v) is 11.6. The second kappa shape index (κ2) is 6.19. The highest BCUT2D eigenvalue weighted by Gasteiger charge is 2.25. The molecule has 106 valence electrons. The summed E-state index contributed by atoms with van der Waals surface area (Å²) in [5.74, 6) is 1.04. The maximum Gasteiger partial charge on any atom is 0.274 e. The summed E-state index contributed by atoms with van der Waals surface area (Å²) in [6.07, 6.45) is 4.64. The Balaban J connectivity index is 2.05. The van der Waals surface area contributed by atoms with Crippen LogP contribution in [-0.4, -0.2) is 28.8 Å². The highest BCUT2D eigenvalue weighted by molar-refractivity contribution is 5.94. The van der Waals surface area contributed by atoms with Crippen molar-refractivity contribution in [1.82, 2.24) is 10.5 Å². The molecule has 2 N–H and O–H groups in total. The van der Waals surface area contributed by atoms with Gasteiger partial charge >= 0.3 is 0 Å². The first kappa shape index (κ1) is 14.1. The molecule has 2 rings (SSSR count). The number of nitrogens with zero attached hydrogens (tertiary/aromatic N) is 1. The van der Waals surface area contributed by atoms with Crippen molar-refractivity contribution in [3.63, 3.8) is 0 Å². The van der Waals surface area contributed by atoms with Gasteiger partial charge in [0.15, 0.2) is 5.69 Å². The lowest BCUT2D eigenvalue weighted by Crippen LogP contribution is -2.39. The molecule has 0 fully saturated rings. The number of carbonyl (C=O) groups excluding carboxylic acids is 1. The van der Waals surface area contributed by atoms with Crippen LogP contribution in [0.5, 0.6) is 0 Å². The quantitative estimate of drug-likeness (QED) is 0.850. The Kier molecular flexibility index (Phi) is 4.58. The van der Waals surface area contributed by atoms with Gasteiger partial charge < -0.3 is 14.9 Å². The number of nitrogens with one attached hydrogen (secondary N) is 1.